The van der Waals surface area contributed by atoms with E-state index in [0.717, 1.165) is 76.7 Å². The van der Waals surface area contributed by atoms with Gasteiger partial charge in [-0.1, -0.05) is 25.1 Å². The van der Waals surface area contributed by atoms with Gasteiger partial charge in [0, 0.05) is 40.8 Å². The van der Waals surface area contributed by atoms with E-state index in [1.807, 2.05) is 25.1 Å². The van der Waals surface area contributed by atoms with E-state index < -0.39 is 5.97 Å². The van der Waals surface area contributed by atoms with E-state index in [1.165, 1.54) is 41.9 Å². The molecule has 2 fully saturated rings. The number of nitrogen functional groups attached to an aromatic ring is 1. The highest BCUT2D eigenvalue weighted by Crippen LogP contribution is 2.33. The second-order valence-electron chi connectivity index (χ2n) is 13.4. The summed E-state index contributed by atoms with van der Waals surface area (Å²) in [4.78, 5) is 34.3. The molecule has 4 aromatic rings. The van der Waals surface area contributed by atoms with Gasteiger partial charge in [0.1, 0.15) is 10.7 Å². The lowest BCUT2D eigenvalue weighted by Crippen LogP contribution is -2.33. The summed E-state index contributed by atoms with van der Waals surface area (Å²) in [5.41, 5.74) is 8.91. The number of benzene rings is 1. The molecule has 0 amide bonds. The Morgan fingerprint density at radius 2 is 1.56 bits per heavy atom. The number of nitrogens with one attached hydrogen (secondary N) is 3. The lowest BCUT2D eigenvalue weighted by molar-refractivity contribution is 0.0702. The first-order valence-electron chi connectivity index (χ1n) is 17.1. The number of fused-ring (bicyclic) bond motifs is 1. The zero-order chi connectivity index (χ0) is 34.2. The van der Waals surface area contributed by atoms with Crippen LogP contribution in [0.4, 0.5) is 17.2 Å². The fourth-order valence-corrected chi connectivity index (χ4v) is 8.30. The van der Waals surface area contributed by atoms with Gasteiger partial charge in [0.05, 0.1) is 16.3 Å². The molecule has 6 N–H and O–H groups in total. The van der Waals surface area contributed by atoms with Crippen molar-refractivity contribution in [1.82, 2.24) is 15.2 Å². The van der Waals surface area contributed by atoms with Crippen molar-refractivity contribution in [2.75, 3.05) is 62.7 Å². The summed E-state index contributed by atoms with van der Waals surface area (Å²) in [6.07, 6.45) is 6.99. The molecule has 9 nitrogen and oxygen atoms in total. The third kappa shape index (κ3) is 9.56. The van der Waals surface area contributed by atoms with Gasteiger partial charge in [-0.3, -0.25) is 4.79 Å². The molecular weight excluding hydrogens is 641 g/mol. The standard InChI is InChI=1S/C25H32N4OS.C12H18N2O2S/c1-16(19-4-5-21-20(14-19)6-9-27-25(21)26)12-23(30)24-22(13-17(2)31-24)28-15-18-7-10-29(3)11-8-18;1-8-6-10(11(17-8)12(15)16)14-7-9-2-4-13-5-3-9/h4-6,9,13-14,16,18,28H,7-8,10-12,15H2,1-3H3,(H2,26,27);6,9,13-14H,2-5,7H2,1H3,(H,15,16). The zero-order valence-corrected chi connectivity index (χ0v) is 30.2. The first-order valence-corrected chi connectivity index (χ1v) is 18.7. The maximum absolute atomic E-state index is 13.2. The smallest absolute Gasteiger partial charge is 0.348 e. The molecule has 48 heavy (non-hydrogen) atoms. The Morgan fingerprint density at radius 1 is 0.958 bits per heavy atom. The Balaban J connectivity index is 0.000000224. The molecule has 2 saturated heterocycles. The number of ketones is 1. The Labute approximate surface area is 292 Å². The third-order valence-electron chi connectivity index (χ3n) is 9.50. The van der Waals surface area contributed by atoms with Gasteiger partial charge in [-0.2, -0.15) is 0 Å². The Morgan fingerprint density at radius 3 is 2.21 bits per heavy atom. The number of aromatic nitrogens is 1. The average Bonchev–Trinajstić information content (AvgIpc) is 3.65. The molecule has 1 atom stereocenters. The number of hydrogen-bond donors (Lipinski definition) is 5. The summed E-state index contributed by atoms with van der Waals surface area (Å²) < 4.78 is 0. The van der Waals surface area contributed by atoms with Crippen LogP contribution in [-0.2, 0) is 0 Å². The maximum Gasteiger partial charge on any atom is 0.348 e. The summed E-state index contributed by atoms with van der Waals surface area (Å²) >= 11 is 2.94. The number of carbonyl (C=O) groups is 2. The number of rotatable bonds is 11. The number of aryl methyl sites for hydroxylation is 2. The van der Waals surface area contributed by atoms with Gasteiger partial charge in [0.25, 0.3) is 0 Å². The van der Waals surface area contributed by atoms with E-state index >= 15 is 0 Å². The number of carboxylic acids is 1. The third-order valence-corrected chi connectivity index (χ3v) is 11.6. The highest BCUT2D eigenvalue weighted by Gasteiger charge is 2.22. The van der Waals surface area contributed by atoms with Crippen LogP contribution < -0.4 is 21.7 Å². The van der Waals surface area contributed by atoms with Gasteiger partial charge in [0.15, 0.2) is 5.78 Å². The van der Waals surface area contributed by atoms with E-state index in [9.17, 15) is 9.59 Å². The van der Waals surface area contributed by atoms with Crippen LogP contribution in [0, 0.1) is 25.7 Å². The minimum atomic E-state index is -0.837. The average molecular weight is 691 g/mol. The van der Waals surface area contributed by atoms with Crippen LogP contribution in [0.3, 0.4) is 0 Å². The van der Waals surface area contributed by atoms with Crippen LogP contribution in [0.25, 0.3) is 10.8 Å². The topological polar surface area (TPSA) is 133 Å². The van der Waals surface area contributed by atoms with Gasteiger partial charge in [0.2, 0.25) is 0 Å². The summed E-state index contributed by atoms with van der Waals surface area (Å²) in [5.74, 6) is 1.38. The fourth-order valence-electron chi connectivity index (χ4n) is 6.53. The van der Waals surface area contributed by atoms with Gasteiger partial charge >= 0.3 is 5.97 Å². The first kappa shape index (κ1) is 35.8. The van der Waals surface area contributed by atoms with Crippen LogP contribution in [-0.4, -0.2) is 73.1 Å². The Kier molecular flexibility index (Phi) is 12.5. The number of carboxylic acid groups (broad SMARTS) is 1. The predicted octanol–water partition coefficient (Wildman–Crippen LogP) is 7.48. The lowest BCUT2D eigenvalue weighted by atomic mass is 9.93. The molecule has 258 valence electrons. The summed E-state index contributed by atoms with van der Waals surface area (Å²) in [5, 5.41) is 21.3. The minimum Gasteiger partial charge on any atom is -0.477 e. The van der Waals surface area contributed by atoms with Gasteiger partial charge in [-0.15, -0.1) is 22.7 Å². The highest BCUT2D eigenvalue weighted by molar-refractivity contribution is 7.14. The van der Waals surface area contributed by atoms with Gasteiger partial charge in [-0.25, -0.2) is 9.78 Å². The molecule has 1 unspecified atom stereocenters. The number of carbonyl (C=O) groups excluding carboxylic acids is 1. The number of aromatic carboxylic acids is 1. The van der Waals surface area contributed by atoms with Crippen LogP contribution in [0.5, 0.6) is 0 Å². The van der Waals surface area contributed by atoms with Crippen molar-refractivity contribution in [3.63, 3.8) is 0 Å². The SMILES string of the molecule is Cc1cc(NCC2CCN(C)CC2)c(C(=O)CC(C)c2ccc3c(N)nccc3c2)s1.Cc1cc(NCC2CCNCC2)c(C(=O)O)s1. The monoisotopic (exact) mass is 690 g/mol. The number of hydrogen-bond acceptors (Lipinski definition) is 10. The Hall–Kier alpha value is -3.51. The Bertz CT molecular complexity index is 1690. The normalized spacial score (nSPS) is 16.7. The van der Waals surface area contributed by atoms with Crippen molar-refractivity contribution in [1.29, 1.82) is 0 Å². The number of nitrogens with zero attached hydrogens (tertiary/aromatic N) is 2. The largest absolute Gasteiger partial charge is 0.477 e. The molecule has 5 heterocycles. The molecule has 11 heteroatoms. The molecule has 2 aliphatic heterocycles. The molecule has 3 aromatic heterocycles. The second kappa shape index (κ2) is 16.7. The van der Waals surface area contributed by atoms with Crippen molar-refractivity contribution in [2.45, 2.75) is 58.8 Å². The second-order valence-corrected chi connectivity index (χ2v) is 15.9. The van der Waals surface area contributed by atoms with Crippen LogP contribution in [0.1, 0.15) is 79.6 Å². The number of anilines is 3. The highest BCUT2D eigenvalue weighted by atomic mass is 32.1. The number of likely N-dealkylation sites (tertiary alicyclic amines) is 1. The molecule has 0 spiro atoms. The zero-order valence-electron chi connectivity index (χ0n) is 28.6. The summed E-state index contributed by atoms with van der Waals surface area (Å²) in [6, 6.07) is 12.2. The maximum atomic E-state index is 13.2. The number of thiophene rings is 2. The number of Topliss-reactive ketones (excluding diaryl/α,β-unsaturated/α-hetero) is 1. The molecule has 0 saturated carbocycles. The first-order chi connectivity index (χ1) is 23.1. The van der Waals surface area contributed by atoms with Crippen molar-refractivity contribution >= 4 is 62.4 Å². The molecule has 0 bridgehead atoms. The molecule has 6 rings (SSSR count). The van der Waals surface area contributed by atoms with E-state index in [-0.39, 0.29) is 11.7 Å². The summed E-state index contributed by atoms with van der Waals surface area (Å²) in [6.45, 7) is 12.4. The van der Waals surface area contributed by atoms with Crippen molar-refractivity contribution in [3.05, 3.63) is 67.7 Å². The number of piperidine rings is 2. The van der Waals surface area contributed by atoms with Crippen LogP contribution >= 0.6 is 22.7 Å². The molecule has 1 aromatic carbocycles. The van der Waals surface area contributed by atoms with E-state index in [2.05, 4.69) is 64.9 Å². The fraction of sp³-hybridized carbons (Fsp3) is 0.486. The van der Waals surface area contributed by atoms with Crippen LogP contribution in [0.2, 0.25) is 0 Å². The van der Waals surface area contributed by atoms with E-state index in [4.69, 9.17) is 10.8 Å². The van der Waals surface area contributed by atoms with Crippen LogP contribution in [0.15, 0.2) is 42.6 Å². The molecular formula is C37H50N6O3S2. The van der Waals surface area contributed by atoms with E-state index in [0.29, 0.717) is 29.0 Å². The quantitative estimate of drug-likeness (QED) is 0.102. The predicted molar refractivity (Wildman–Crippen MR) is 201 cm³/mol. The minimum absolute atomic E-state index is 0.135. The number of pyridine rings is 1. The van der Waals surface area contributed by atoms with Crippen molar-refractivity contribution in [3.8, 4) is 0 Å². The van der Waals surface area contributed by atoms with Crippen molar-refractivity contribution in [2.24, 2.45) is 11.8 Å². The van der Waals surface area contributed by atoms with Gasteiger partial charge < -0.3 is 31.7 Å². The van der Waals surface area contributed by atoms with E-state index in [1.54, 1.807) is 17.5 Å². The lowest BCUT2D eigenvalue weighted by Gasteiger charge is -2.29. The van der Waals surface area contributed by atoms with Gasteiger partial charge in [-0.05, 0) is 120 Å². The molecule has 2 aliphatic rings. The molecule has 0 radical (unpaired) electrons. The summed E-state index contributed by atoms with van der Waals surface area (Å²) in [7, 11) is 2.19. The van der Waals surface area contributed by atoms with Crippen molar-refractivity contribution < 1.29 is 14.7 Å². The number of nitrogens with two attached hydrogens (primary N) is 1. The molecule has 0 aliphatic carbocycles.